The molecule has 0 radical (unpaired) electrons. The number of benzene rings is 1. The number of rotatable bonds is 8. The van der Waals surface area contributed by atoms with Gasteiger partial charge in [-0.3, -0.25) is 10.00 Å². The van der Waals surface area contributed by atoms with Crippen LogP contribution < -0.4 is 10.0 Å². The minimum absolute atomic E-state index is 0.00719. The number of halogens is 3. The van der Waals surface area contributed by atoms with Crippen LogP contribution in [-0.4, -0.2) is 37.9 Å². The maximum absolute atomic E-state index is 13.0. The zero-order chi connectivity index (χ0) is 22.8. The molecule has 31 heavy (non-hydrogen) atoms. The second kappa shape index (κ2) is 8.87. The summed E-state index contributed by atoms with van der Waals surface area (Å²) in [6.45, 7) is 1.92. The van der Waals surface area contributed by atoms with Crippen LogP contribution in [0, 0.1) is 5.92 Å². The normalized spacial score (nSPS) is 15.5. The van der Waals surface area contributed by atoms with Gasteiger partial charge in [-0.1, -0.05) is 6.92 Å². The van der Waals surface area contributed by atoms with Gasteiger partial charge in [0.15, 0.2) is 5.69 Å². The molecule has 170 valence electrons. The lowest BCUT2D eigenvalue weighted by Gasteiger charge is -2.15. The Morgan fingerprint density at radius 3 is 2.48 bits per heavy atom. The number of hydrogen-bond acceptors (Lipinski definition) is 5. The molecule has 0 aliphatic heterocycles. The molecule has 1 amide bonds. The van der Waals surface area contributed by atoms with E-state index in [0.29, 0.717) is 11.4 Å². The van der Waals surface area contributed by atoms with Gasteiger partial charge in [0.1, 0.15) is 0 Å². The maximum Gasteiger partial charge on any atom is 0.435 e. The Kier molecular flexibility index (Phi) is 6.60. The topological polar surface area (TPSA) is 102 Å². The molecule has 1 saturated carbocycles. The lowest BCUT2D eigenvalue weighted by Crippen LogP contribution is -2.30. The minimum Gasteiger partial charge on any atom is -0.453 e. The number of hydrogen-bond donors (Lipinski definition) is 2. The van der Waals surface area contributed by atoms with Crippen molar-refractivity contribution in [3.63, 3.8) is 0 Å². The Labute approximate surface area is 177 Å². The van der Waals surface area contributed by atoms with E-state index in [2.05, 4.69) is 19.9 Å². The summed E-state index contributed by atoms with van der Waals surface area (Å²) in [4.78, 5) is 11.2. The van der Waals surface area contributed by atoms with Crippen LogP contribution in [0.3, 0.4) is 0 Å². The summed E-state index contributed by atoms with van der Waals surface area (Å²) in [7, 11) is -2.63. The van der Waals surface area contributed by atoms with Crippen molar-refractivity contribution in [3.05, 3.63) is 41.7 Å². The van der Waals surface area contributed by atoms with Crippen LogP contribution in [0.15, 0.2) is 35.2 Å². The molecule has 1 atom stereocenters. The first-order valence-electron chi connectivity index (χ1n) is 9.59. The molecule has 1 heterocycles. The number of carbonyl (C=O) groups is 1. The Balaban J connectivity index is 1.62. The van der Waals surface area contributed by atoms with E-state index in [4.69, 9.17) is 0 Å². The predicted octanol–water partition coefficient (Wildman–Crippen LogP) is 3.57. The first-order valence-corrected chi connectivity index (χ1v) is 11.1. The zero-order valence-electron chi connectivity index (χ0n) is 16.9. The van der Waals surface area contributed by atoms with E-state index in [0.717, 1.165) is 18.9 Å². The molecule has 3 rings (SSSR count). The molecule has 1 aliphatic rings. The summed E-state index contributed by atoms with van der Waals surface area (Å²) in [6, 6.07) is 6.57. The number of nitrogens with one attached hydrogen (secondary N) is 2. The second-order valence-corrected chi connectivity index (χ2v) is 9.27. The number of anilines is 1. The lowest BCUT2D eigenvalue weighted by atomic mass is 10.2. The molecular formula is C19H23F3N4O4S. The van der Waals surface area contributed by atoms with Gasteiger partial charge in [-0.15, -0.1) is 0 Å². The fraction of sp³-hybridized carbons (Fsp3) is 0.474. The number of methoxy groups -OCH3 is 1. The third-order valence-corrected chi connectivity index (χ3v) is 6.24. The molecule has 0 bridgehead atoms. The van der Waals surface area contributed by atoms with Gasteiger partial charge in [0.05, 0.1) is 12.0 Å². The van der Waals surface area contributed by atoms with Crippen LogP contribution in [0.2, 0.25) is 0 Å². The maximum atomic E-state index is 13.0. The number of carbonyl (C=O) groups excluding carboxylic acids is 1. The predicted molar refractivity (Wildman–Crippen MR) is 106 cm³/mol. The van der Waals surface area contributed by atoms with Gasteiger partial charge in [0, 0.05) is 30.4 Å². The standard InChI is InChI=1S/C19H23F3N4O4S/c1-12(11-26-16(13-3-4-13)9-17(25-26)19(20,21)22)10-23-31(28,29)15-7-5-14(6-8-15)24-18(27)30-2/h5-9,12-13,23H,3-4,10-11H2,1-2H3,(H,24,27)/t12-/m1/s1. The van der Waals surface area contributed by atoms with E-state index in [9.17, 15) is 26.4 Å². The van der Waals surface area contributed by atoms with Gasteiger partial charge < -0.3 is 4.74 Å². The van der Waals surface area contributed by atoms with Gasteiger partial charge in [0.2, 0.25) is 10.0 Å². The monoisotopic (exact) mass is 460 g/mol. The smallest absolute Gasteiger partial charge is 0.435 e. The van der Waals surface area contributed by atoms with Crippen molar-refractivity contribution < 1.29 is 31.1 Å². The molecule has 1 aromatic carbocycles. The van der Waals surface area contributed by atoms with Crippen molar-refractivity contribution in [2.75, 3.05) is 19.0 Å². The SMILES string of the molecule is COC(=O)Nc1ccc(S(=O)(=O)NC[C@@H](C)Cn2nc(C(F)(F)F)cc2C2CC2)cc1. The highest BCUT2D eigenvalue weighted by atomic mass is 32.2. The molecule has 1 fully saturated rings. The molecule has 0 spiro atoms. The second-order valence-electron chi connectivity index (χ2n) is 7.51. The largest absolute Gasteiger partial charge is 0.453 e. The first-order chi connectivity index (χ1) is 14.5. The van der Waals surface area contributed by atoms with Crippen LogP contribution >= 0.6 is 0 Å². The van der Waals surface area contributed by atoms with E-state index in [1.165, 1.54) is 36.1 Å². The van der Waals surface area contributed by atoms with Crippen LogP contribution in [-0.2, 0) is 27.5 Å². The third kappa shape index (κ3) is 5.97. The molecule has 2 N–H and O–H groups in total. The Morgan fingerprint density at radius 1 is 1.29 bits per heavy atom. The van der Waals surface area contributed by atoms with Crippen LogP contribution in [0.5, 0.6) is 0 Å². The lowest BCUT2D eigenvalue weighted by molar-refractivity contribution is -0.141. The molecule has 2 aromatic rings. The quantitative estimate of drug-likeness (QED) is 0.627. The van der Waals surface area contributed by atoms with Gasteiger partial charge in [-0.25, -0.2) is 17.9 Å². The van der Waals surface area contributed by atoms with Crippen molar-refractivity contribution in [2.45, 2.75) is 43.3 Å². The number of alkyl halides is 3. The number of aromatic nitrogens is 2. The fourth-order valence-electron chi connectivity index (χ4n) is 3.01. The molecule has 0 unspecified atom stereocenters. The number of ether oxygens (including phenoxy) is 1. The molecule has 1 aliphatic carbocycles. The average Bonchev–Trinajstić information content (AvgIpc) is 3.46. The van der Waals surface area contributed by atoms with E-state index in [1.807, 2.05) is 0 Å². The highest BCUT2D eigenvalue weighted by Gasteiger charge is 2.38. The van der Waals surface area contributed by atoms with Crippen molar-refractivity contribution in [2.24, 2.45) is 5.92 Å². The van der Waals surface area contributed by atoms with Crippen LogP contribution in [0.1, 0.15) is 37.1 Å². The summed E-state index contributed by atoms with van der Waals surface area (Å²) in [5.74, 6) is -0.224. The van der Waals surface area contributed by atoms with E-state index >= 15 is 0 Å². The zero-order valence-corrected chi connectivity index (χ0v) is 17.8. The minimum atomic E-state index is -4.52. The van der Waals surface area contributed by atoms with E-state index in [1.54, 1.807) is 6.92 Å². The summed E-state index contributed by atoms with van der Waals surface area (Å²) >= 11 is 0. The highest BCUT2D eigenvalue weighted by Crippen LogP contribution is 2.42. The van der Waals surface area contributed by atoms with Crippen molar-refractivity contribution in [3.8, 4) is 0 Å². The van der Waals surface area contributed by atoms with Crippen LogP contribution in [0.4, 0.5) is 23.7 Å². The Hall–Kier alpha value is -2.60. The molecular weight excluding hydrogens is 437 g/mol. The van der Waals surface area contributed by atoms with Gasteiger partial charge in [0.25, 0.3) is 0 Å². The molecule has 0 saturated heterocycles. The molecule has 8 nitrogen and oxygen atoms in total. The molecule has 12 heteroatoms. The number of sulfonamides is 1. The summed E-state index contributed by atoms with van der Waals surface area (Å²) in [6.07, 6.45) is -3.55. The van der Waals surface area contributed by atoms with Crippen molar-refractivity contribution in [1.29, 1.82) is 0 Å². The number of amides is 1. The van der Waals surface area contributed by atoms with E-state index in [-0.39, 0.29) is 29.8 Å². The fourth-order valence-corrected chi connectivity index (χ4v) is 4.17. The molecule has 1 aromatic heterocycles. The highest BCUT2D eigenvalue weighted by molar-refractivity contribution is 7.89. The van der Waals surface area contributed by atoms with Gasteiger partial charge in [-0.2, -0.15) is 18.3 Å². The summed E-state index contributed by atoms with van der Waals surface area (Å²) in [5, 5.41) is 6.11. The van der Waals surface area contributed by atoms with Crippen molar-refractivity contribution >= 4 is 21.8 Å². The van der Waals surface area contributed by atoms with Crippen molar-refractivity contribution in [1.82, 2.24) is 14.5 Å². The average molecular weight is 460 g/mol. The van der Waals surface area contributed by atoms with Gasteiger partial charge in [-0.05, 0) is 49.1 Å². The summed E-state index contributed by atoms with van der Waals surface area (Å²) in [5.41, 5.74) is -0.0236. The van der Waals surface area contributed by atoms with E-state index < -0.39 is 28.0 Å². The van der Waals surface area contributed by atoms with Crippen LogP contribution in [0.25, 0.3) is 0 Å². The summed E-state index contributed by atoms with van der Waals surface area (Å²) < 4.78 is 72.3. The third-order valence-electron chi connectivity index (χ3n) is 4.80. The number of nitrogens with zero attached hydrogens (tertiary/aromatic N) is 2. The first kappa shape index (κ1) is 23.1. The Morgan fingerprint density at radius 2 is 1.94 bits per heavy atom. The van der Waals surface area contributed by atoms with Gasteiger partial charge >= 0.3 is 12.3 Å². The Bertz CT molecular complexity index is 1030.